The predicted octanol–water partition coefficient (Wildman–Crippen LogP) is 1.81. The molecular weight excluding hydrogens is 209 g/mol. The van der Waals surface area contributed by atoms with Gasteiger partial charge in [0.2, 0.25) is 0 Å². The lowest BCUT2D eigenvalue weighted by Crippen LogP contribution is -2.15. The summed E-state index contributed by atoms with van der Waals surface area (Å²) in [6.07, 6.45) is 1.54. The minimum atomic E-state index is -0.335. The highest BCUT2D eigenvalue weighted by atomic mass is 19.1. The number of halogens is 1. The second kappa shape index (κ2) is 4.14. The van der Waals surface area contributed by atoms with E-state index in [4.69, 9.17) is 0 Å². The number of aromatic nitrogens is 2. The average molecular weight is 219 g/mol. The van der Waals surface area contributed by atoms with Gasteiger partial charge < -0.3 is 5.32 Å². The Kier molecular flexibility index (Phi) is 2.68. The van der Waals surface area contributed by atoms with Crippen LogP contribution < -0.4 is 5.32 Å². The van der Waals surface area contributed by atoms with Crippen LogP contribution in [0.4, 0.5) is 10.1 Å². The summed E-state index contributed by atoms with van der Waals surface area (Å²) in [6, 6.07) is 7.20. The highest BCUT2D eigenvalue weighted by molar-refractivity contribution is 6.02. The molecule has 0 aliphatic carbocycles. The number of amides is 1. The van der Waals surface area contributed by atoms with Crippen molar-refractivity contribution in [2.75, 3.05) is 5.32 Å². The molecule has 82 valence electrons. The van der Waals surface area contributed by atoms with Crippen molar-refractivity contribution in [2.24, 2.45) is 7.05 Å². The van der Waals surface area contributed by atoms with Gasteiger partial charge in [-0.25, -0.2) is 4.39 Å². The van der Waals surface area contributed by atoms with Crippen molar-refractivity contribution < 1.29 is 9.18 Å². The van der Waals surface area contributed by atoms with Gasteiger partial charge in [-0.3, -0.25) is 9.48 Å². The van der Waals surface area contributed by atoms with E-state index in [0.29, 0.717) is 11.4 Å². The van der Waals surface area contributed by atoms with Gasteiger partial charge in [-0.1, -0.05) is 0 Å². The van der Waals surface area contributed by atoms with Gasteiger partial charge in [0.05, 0.1) is 0 Å². The second-order valence-electron chi connectivity index (χ2n) is 3.30. The Labute approximate surface area is 91.7 Å². The number of aryl methyl sites for hydroxylation is 1. The van der Waals surface area contributed by atoms with E-state index in [1.54, 1.807) is 19.3 Å². The Morgan fingerprint density at radius 1 is 1.31 bits per heavy atom. The van der Waals surface area contributed by atoms with E-state index in [9.17, 15) is 9.18 Å². The normalized spacial score (nSPS) is 10.1. The zero-order valence-electron chi connectivity index (χ0n) is 8.64. The van der Waals surface area contributed by atoms with E-state index in [-0.39, 0.29) is 11.7 Å². The fourth-order valence-electron chi connectivity index (χ4n) is 1.33. The monoisotopic (exact) mass is 219 g/mol. The molecule has 0 bridgehead atoms. The predicted molar refractivity (Wildman–Crippen MR) is 57.6 cm³/mol. The van der Waals surface area contributed by atoms with Crippen LogP contribution in [0.1, 0.15) is 10.5 Å². The summed E-state index contributed by atoms with van der Waals surface area (Å²) in [5.74, 6) is -0.606. The highest BCUT2D eigenvalue weighted by Crippen LogP contribution is 2.09. The van der Waals surface area contributed by atoms with E-state index in [1.807, 2.05) is 0 Å². The first-order chi connectivity index (χ1) is 7.66. The topological polar surface area (TPSA) is 46.9 Å². The third-order valence-electron chi connectivity index (χ3n) is 2.16. The number of benzene rings is 1. The summed E-state index contributed by atoms with van der Waals surface area (Å²) < 4.78 is 14.1. The molecule has 0 aliphatic heterocycles. The molecule has 2 rings (SSSR count). The SMILES string of the molecule is Cn1nccc1C(=O)Nc1ccc(F)cc1. The summed E-state index contributed by atoms with van der Waals surface area (Å²) in [5.41, 5.74) is 0.997. The van der Waals surface area contributed by atoms with E-state index in [2.05, 4.69) is 10.4 Å². The lowest BCUT2D eigenvalue weighted by Gasteiger charge is -2.04. The molecule has 0 radical (unpaired) electrons. The molecule has 16 heavy (non-hydrogen) atoms. The van der Waals surface area contributed by atoms with Crippen LogP contribution in [0, 0.1) is 5.82 Å². The lowest BCUT2D eigenvalue weighted by atomic mass is 10.3. The van der Waals surface area contributed by atoms with Gasteiger partial charge in [-0.05, 0) is 30.3 Å². The van der Waals surface area contributed by atoms with Gasteiger partial charge in [0.15, 0.2) is 0 Å². The zero-order chi connectivity index (χ0) is 11.5. The Bertz CT molecular complexity index is 504. The molecule has 1 heterocycles. The van der Waals surface area contributed by atoms with E-state index in [0.717, 1.165) is 0 Å². The van der Waals surface area contributed by atoms with E-state index < -0.39 is 0 Å². The molecule has 0 fully saturated rings. The van der Waals surface area contributed by atoms with Crippen LogP contribution in [0.25, 0.3) is 0 Å². The molecule has 0 aliphatic rings. The standard InChI is InChI=1S/C11H10FN3O/c1-15-10(6-7-13-15)11(16)14-9-4-2-8(12)3-5-9/h2-7H,1H3,(H,14,16). The summed E-state index contributed by atoms with van der Waals surface area (Å²) in [7, 11) is 1.68. The third-order valence-corrected chi connectivity index (χ3v) is 2.16. The molecule has 0 saturated carbocycles. The van der Waals surface area contributed by atoms with E-state index in [1.165, 1.54) is 28.9 Å². The Morgan fingerprint density at radius 2 is 2.00 bits per heavy atom. The Balaban J connectivity index is 2.14. The van der Waals surface area contributed by atoms with Crippen LogP contribution >= 0.6 is 0 Å². The molecule has 0 unspecified atom stereocenters. The minimum absolute atomic E-state index is 0.272. The van der Waals surface area contributed by atoms with Crippen LogP contribution in [0.5, 0.6) is 0 Å². The van der Waals surface area contributed by atoms with Crippen LogP contribution in [-0.2, 0) is 7.05 Å². The zero-order valence-corrected chi connectivity index (χ0v) is 8.64. The second-order valence-corrected chi connectivity index (χ2v) is 3.30. The number of rotatable bonds is 2. The summed E-state index contributed by atoms with van der Waals surface area (Å²) in [4.78, 5) is 11.7. The molecule has 0 saturated heterocycles. The maximum absolute atomic E-state index is 12.6. The highest BCUT2D eigenvalue weighted by Gasteiger charge is 2.09. The smallest absolute Gasteiger partial charge is 0.273 e. The van der Waals surface area contributed by atoms with Crippen molar-refractivity contribution in [2.45, 2.75) is 0 Å². The van der Waals surface area contributed by atoms with Crippen LogP contribution in [0.2, 0.25) is 0 Å². The van der Waals surface area contributed by atoms with Gasteiger partial charge in [-0.15, -0.1) is 0 Å². The molecule has 0 spiro atoms. The maximum Gasteiger partial charge on any atom is 0.273 e. The molecular formula is C11H10FN3O. The quantitative estimate of drug-likeness (QED) is 0.837. The number of hydrogen-bond acceptors (Lipinski definition) is 2. The largest absolute Gasteiger partial charge is 0.321 e. The van der Waals surface area contributed by atoms with Gasteiger partial charge >= 0.3 is 0 Å². The van der Waals surface area contributed by atoms with Crippen molar-refractivity contribution in [3.05, 3.63) is 48.0 Å². The molecule has 1 amide bonds. The fourth-order valence-corrected chi connectivity index (χ4v) is 1.33. The number of hydrogen-bond donors (Lipinski definition) is 1. The molecule has 0 atom stereocenters. The minimum Gasteiger partial charge on any atom is -0.321 e. The molecule has 1 aromatic carbocycles. The maximum atomic E-state index is 12.6. The molecule has 1 aromatic heterocycles. The van der Waals surface area contributed by atoms with Crippen molar-refractivity contribution in [1.82, 2.24) is 9.78 Å². The van der Waals surface area contributed by atoms with Crippen molar-refractivity contribution in [3.63, 3.8) is 0 Å². The number of carbonyl (C=O) groups excluding carboxylic acids is 1. The molecule has 1 N–H and O–H groups in total. The Morgan fingerprint density at radius 3 is 2.56 bits per heavy atom. The van der Waals surface area contributed by atoms with Crippen molar-refractivity contribution in [1.29, 1.82) is 0 Å². The first-order valence-corrected chi connectivity index (χ1v) is 4.72. The first-order valence-electron chi connectivity index (χ1n) is 4.72. The van der Waals surface area contributed by atoms with Gasteiger partial charge in [0.1, 0.15) is 11.5 Å². The lowest BCUT2D eigenvalue weighted by molar-refractivity contribution is 0.101. The molecule has 5 heteroatoms. The number of nitrogens with one attached hydrogen (secondary N) is 1. The third kappa shape index (κ3) is 2.08. The van der Waals surface area contributed by atoms with Gasteiger partial charge in [0.25, 0.3) is 5.91 Å². The van der Waals surface area contributed by atoms with Crippen LogP contribution in [0.3, 0.4) is 0 Å². The van der Waals surface area contributed by atoms with E-state index >= 15 is 0 Å². The van der Waals surface area contributed by atoms with Crippen molar-refractivity contribution >= 4 is 11.6 Å². The fraction of sp³-hybridized carbons (Fsp3) is 0.0909. The number of carbonyl (C=O) groups is 1. The average Bonchev–Trinajstić information content (AvgIpc) is 2.68. The summed E-state index contributed by atoms with van der Waals surface area (Å²) in [5, 5.41) is 6.54. The van der Waals surface area contributed by atoms with Crippen LogP contribution in [0.15, 0.2) is 36.5 Å². The van der Waals surface area contributed by atoms with Gasteiger partial charge in [0, 0.05) is 18.9 Å². The number of nitrogens with zero attached hydrogens (tertiary/aromatic N) is 2. The van der Waals surface area contributed by atoms with Gasteiger partial charge in [-0.2, -0.15) is 5.10 Å². The molecule has 4 nitrogen and oxygen atoms in total. The Hall–Kier alpha value is -2.17. The number of anilines is 1. The van der Waals surface area contributed by atoms with Crippen LogP contribution in [-0.4, -0.2) is 15.7 Å². The molecule has 2 aromatic rings. The summed E-state index contributed by atoms with van der Waals surface area (Å²) >= 11 is 0. The first kappa shape index (κ1) is 10.4. The van der Waals surface area contributed by atoms with Crippen molar-refractivity contribution in [3.8, 4) is 0 Å². The summed E-state index contributed by atoms with van der Waals surface area (Å²) in [6.45, 7) is 0.